The van der Waals surface area contributed by atoms with Gasteiger partial charge in [-0.25, -0.2) is 0 Å². The molecule has 0 bridgehead atoms. The van der Waals surface area contributed by atoms with Gasteiger partial charge in [-0.05, 0) is 54.1 Å². The lowest BCUT2D eigenvalue weighted by Gasteiger charge is -2.26. The molecule has 1 amide bonds. The van der Waals surface area contributed by atoms with E-state index in [1.165, 1.54) is 0 Å². The fraction of sp³-hybridized carbons (Fsp3) is 0.600. The highest BCUT2D eigenvalue weighted by Crippen LogP contribution is 2.25. The van der Waals surface area contributed by atoms with Gasteiger partial charge in [0.15, 0.2) is 0 Å². The number of nitrogens with one attached hydrogen (secondary N) is 1. The highest BCUT2D eigenvalue weighted by molar-refractivity contribution is 9.10. The fourth-order valence-corrected chi connectivity index (χ4v) is 3.30. The highest BCUT2D eigenvalue weighted by atomic mass is 79.9. The summed E-state index contributed by atoms with van der Waals surface area (Å²) in [5, 5.41) is 12.0. The van der Waals surface area contributed by atoms with E-state index in [0.717, 1.165) is 30.3 Å². The van der Waals surface area contributed by atoms with Crippen molar-refractivity contribution in [3.63, 3.8) is 0 Å². The number of aromatic nitrogens is 1. The smallest absolute Gasteiger partial charge is 0.306 e. The van der Waals surface area contributed by atoms with Gasteiger partial charge >= 0.3 is 5.97 Å². The zero-order valence-electron chi connectivity index (χ0n) is 12.1. The first kappa shape index (κ1) is 16.1. The molecule has 2 N–H and O–H groups in total. The summed E-state index contributed by atoms with van der Waals surface area (Å²) in [5.74, 6) is -1.05. The standard InChI is InChI=1S/C15H21BrN2O3/c1-2-7-18-9-11(16)8-13(18)14(19)17-12-5-3-10(4-6-12)15(20)21/h8-10,12H,2-7H2,1H3,(H,17,19)(H,20,21). The maximum atomic E-state index is 12.4. The summed E-state index contributed by atoms with van der Waals surface area (Å²) in [6.45, 7) is 2.88. The van der Waals surface area contributed by atoms with Crippen LogP contribution in [-0.2, 0) is 11.3 Å². The quantitative estimate of drug-likeness (QED) is 0.851. The zero-order valence-corrected chi connectivity index (χ0v) is 13.7. The highest BCUT2D eigenvalue weighted by Gasteiger charge is 2.27. The Kier molecular flexibility index (Phi) is 5.45. The molecule has 0 unspecified atom stereocenters. The van der Waals surface area contributed by atoms with Crippen molar-refractivity contribution in [1.82, 2.24) is 9.88 Å². The molecule has 1 aliphatic rings. The molecule has 0 aromatic carbocycles. The van der Waals surface area contributed by atoms with Crippen LogP contribution in [0.5, 0.6) is 0 Å². The molecule has 21 heavy (non-hydrogen) atoms. The predicted molar refractivity (Wildman–Crippen MR) is 83.3 cm³/mol. The first-order chi connectivity index (χ1) is 10.0. The lowest BCUT2D eigenvalue weighted by atomic mass is 9.86. The zero-order chi connectivity index (χ0) is 15.4. The number of carbonyl (C=O) groups excluding carboxylic acids is 1. The normalized spacial score (nSPS) is 22.0. The molecule has 1 aromatic heterocycles. The topological polar surface area (TPSA) is 71.3 Å². The molecule has 5 nitrogen and oxygen atoms in total. The minimum Gasteiger partial charge on any atom is -0.481 e. The van der Waals surface area contributed by atoms with Crippen molar-refractivity contribution in [2.24, 2.45) is 5.92 Å². The van der Waals surface area contributed by atoms with E-state index >= 15 is 0 Å². The van der Waals surface area contributed by atoms with E-state index in [1.807, 2.05) is 16.8 Å². The Morgan fingerprint density at radius 2 is 2.05 bits per heavy atom. The third kappa shape index (κ3) is 4.09. The Morgan fingerprint density at radius 3 is 2.62 bits per heavy atom. The van der Waals surface area contributed by atoms with Crippen LogP contribution in [0.2, 0.25) is 0 Å². The van der Waals surface area contributed by atoms with Crippen LogP contribution in [0, 0.1) is 5.92 Å². The van der Waals surface area contributed by atoms with Gasteiger partial charge in [-0.1, -0.05) is 6.92 Å². The van der Waals surface area contributed by atoms with Crippen molar-refractivity contribution in [2.75, 3.05) is 0 Å². The summed E-state index contributed by atoms with van der Waals surface area (Å²) in [6, 6.07) is 1.91. The van der Waals surface area contributed by atoms with Crippen LogP contribution in [0.1, 0.15) is 49.5 Å². The summed E-state index contributed by atoms with van der Waals surface area (Å²) < 4.78 is 2.85. The van der Waals surface area contributed by atoms with Gasteiger partial charge in [0.25, 0.3) is 5.91 Å². The fourth-order valence-electron chi connectivity index (χ4n) is 2.84. The van der Waals surface area contributed by atoms with Crippen LogP contribution in [0.15, 0.2) is 16.7 Å². The van der Waals surface area contributed by atoms with Gasteiger partial charge < -0.3 is 15.0 Å². The van der Waals surface area contributed by atoms with Crippen LogP contribution in [0.25, 0.3) is 0 Å². The monoisotopic (exact) mass is 356 g/mol. The Hall–Kier alpha value is -1.30. The number of halogens is 1. The molecule has 2 rings (SSSR count). The molecule has 0 spiro atoms. The Morgan fingerprint density at radius 1 is 1.38 bits per heavy atom. The van der Waals surface area contributed by atoms with Crippen molar-refractivity contribution < 1.29 is 14.7 Å². The van der Waals surface area contributed by atoms with E-state index in [2.05, 4.69) is 28.2 Å². The van der Waals surface area contributed by atoms with Gasteiger partial charge in [-0.15, -0.1) is 0 Å². The van der Waals surface area contributed by atoms with Crippen molar-refractivity contribution in [3.05, 3.63) is 22.4 Å². The van der Waals surface area contributed by atoms with Crippen LogP contribution in [-0.4, -0.2) is 27.6 Å². The van der Waals surface area contributed by atoms with Crippen molar-refractivity contribution in [3.8, 4) is 0 Å². The lowest BCUT2D eigenvalue weighted by Crippen LogP contribution is -2.39. The number of carboxylic acid groups (broad SMARTS) is 1. The summed E-state index contributed by atoms with van der Waals surface area (Å²) in [7, 11) is 0. The van der Waals surface area contributed by atoms with Gasteiger partial charge in [0.1, 0.15) is 5.69 Å². The van der Waals surface area contributed by atoms with E-state index in [0.29, 0.717) is 18.5 Å². The number of amides is 1. The maximum absolute atomic E-state index is 12.4. The number of aliphatic carboxylic acids is 1. The molecule has 1 heterocycles. The molecule has 6 heteroatoms. The molecule has 0 atom stereocenters. The number of hydrogen-bond donors (Lipinski definition) is 2. The average Bonchev–Trinajstić information content (AvgIpc) is 2.81. The van der Waals surface area contributed by atoms with Gasteiger partial charge in [0.2, 0.25) is 0 Å². The summed E-state index contributed by atoms with van der Waals surface area (Å²) >= 11 is 3.40. The first-order valence-corrected chi connectivity index (χ1v) is 8.20. The molecule has 1 aliphatic carbocycles. The van der Waals surface area contributed by atoms with E-state index < -0.39 is 5.97 Å². The second-order valence-corrected chi connectivity index (χ2v) is 6.51. The molecule has 0 aliphatic heterocycles. The molecule has 116 valence electrons. The molecule has 1 saturated carbocycles. The molecule has 0 radical (unpaired) electrons. The Balaban J connectivity index is 1.95. The minimum absolute atomic E-state index is 0.0760. The Bertz CT molecular complexity index is 519. The van der Waals surface area contributed by atoms with Crippen LogP contribution >= 0.6 is 15.9 Å². The van der Waals surface area contributed by atoms with Crippen LogP contribution in [0.4, 0.5) is 0 Å². The largest absolute Gasteiger partial charge is 0.481 e. The van der Waals surface area contributed by atoms with Crippen molar-refractivity contribution in [2.45, 2.75) is 51.6 Å². The minimum atomic E-state index is -0.722. The maximum Gasteiger partial charge on any atom is 0.306 e. The van der Waals surface area contributed by atoms with Gasteiger partial charge in [0.05, 0.1) is 5.92 Å². The summed E-state index contributed by atoms with van der Waals surface area (Å²) in [5.41, 5.74) is 0.657. The third-order valence-corrected chi connectivity index (χ3v) is 4.41. The predicted octanol–water partition coefficient (Wildman–Crippen LogP) is 3.03. The van der Waals surface area contributed by atoms with Crippen LogP contribution < -0.4 is 5.32 Å². The molecule has 1 fully saturated rings. The number of carbonyl (C=O) groups is 2. The van der Waals surface area contributed by atoms with Gasteiger partial charge in [-0.3, -0.25) is 9.59 Å². The summed E-state index contributed by atoms with van der Waals surface area (Å²) in [6.07, 6.45) is 5.63. The molecule has 0 saturated heterocycles. The molecule has 1 aromatic rings. The van der Waals surface area contributed by atoms with Gasteiger partial charge in [0, 0.05) is 23.3 Å². The third-order valence-electron chi connectivity index (χ3n) is 3.97. The van der Waals surface area contributed by atoms with E-state index in [1.54, 1.807) is 0 Å². The van der Waals surface area contributed by atoms with Crippen molar-refractivity contribution in [1.29, 1.82) is 0 Å². The lowest BCUT2D eigenvalue weighted by molar-refractivity contribution is -0.142. The van der Waals surface area contributed by atoms with Crippen molar-refractivity contribution >= 4 is 27.8 Å². The number of nitrogens with zero attached hydrogens (tertiary/aromatic N) is 1. The average molecular weight is 357 g/mol. The number of rotatable bonds is 5. The Labute approximate surface area is 132 Å². The number of carboxylic acids is 1. The second kappa shape index (κ2) is 7.11. The number of hydrogen-bond acceptors (Lipinski definition) is 2. The van der Waals surface area contributed by atoms with E-state index in [4.69, 9.17) is 5.11 Å². The molecular weight excluding hydrogens is 336 g/mol. The van der Waals surface area contributed by atoms with E-state index in [-0.39, 0.29) is 17.9 Å². The van der Waals surface area contributed by atoms with Gasteiger partial charge in [-0.2, -0.15) is 0 Å². The molecular formula is C15H21BrN2O3. The number of aryl methyl sites for hydroxylation is 1. The first-order valence-electron chi connectivity index (χ1n) is 7.40. The van der Waals surface area contributed by atoms with E-state index in [9.17, 15) is 9.59 Å². The SMILES string of the molecule is CCCn1cc(Br)cc1C(=O)NC1CCC(C(=O)O)CC1. The van der Waals surface area contributed by atoms with Crippen LogP contribution in [0.3, 0.4) is 0 Å². The second-order valence-electron chi connectivity index (χ2n) is 5.60. The summed E-state index contributed by atoms with van der Waals surface area (Å²) in [4.78, 5) is 23.3.